The van der Waals surface area contributed by atoms with Crippen LogP contribution in [0.1, 0.15) is 21.5 Å². The molecule has 2 aromatic rings. The van der Waals surface area contributed by atoms with Gasteiger partial charge in [0.1, 0.15) is 0 Å². The van der Waals surface area contributed by atoms with E-state index in [4.69, 9.17) is 11.6 Å². The number of benzene rings is 2. The van der Waals surface area contributed by atoms with Crippen molar-refractivity contribution in [3.63, 3.8) is 0 Å². The maximum atomic E-state index is 12.5. The predicted molar refractivity (Wildman–Crippen MR) is 81.4 cm³/mol. The van der Waals surface area contributed by atoms with Crippen LogP contribution in [0.15, 0.2) is 40.9 Å². The lowest BCUT2D eigenvalue weighted by atomic mass is 10.00. The van der Waals surface area contributed by atoms with Gasteiger partial charge in [-0.05, 0) is 29.8 Å². The minimum Gasteiger partial charge on any atom is -0.325 e. The molecule has 0 spiro atoms. The number of hydrogen-bond donors (Lipinski definition) is 1. The van der Waals surface area contributed by atoms with Gasteiger partial charge in [0.2, 0.25) is 5.91 Å². The minimum atomic E-state index is -0.162. The van der Waals surface area contributed by atoms with Crippen LogP contribution in [-0.4, -0.2) is 11.7 Å². The standard InChI is InChI=1S/C15H9BrClNO2/c16-11-4-2-1-3-9(11)15(20)10-5-8-6-14(19)18-13(8)7-12(10)17/h1-5,7H,6H2,(H,18,19). The summed E-state index contributed by atoms with van der Waals surface area (Å²) in [6.45, 7) is 0. The van der Waals surface area contributed by atoms with Crippen LogP contribution in [0.2, 0.25) is 5.02 Å². The number of halogens is 2. The Morgan fingerprint density at radius 2 is 1.95 bits per heavy atom. The minimum absolute atomic E-state index is 0.0819. The Balaban J connectivity index is 2.08. The average molecular weight is 351 g/mol. The number of amides is 1. The molecular weight excluding hydrogens is 342 g/mol. The number of carbonyl (C=O) groups is 2. The van der Waals surface area contributed by atoms with E-state index in [-0.39, 0.29) is 18.1 Å². The number of anilines is 1. The van der Waals surface area contributed by atoms with Crippen LogP contribution in [0.4, 0.5) is 5.69 Å². The van der Waals surface area contributed by atoms with Crippen LogP contribution in [0.3, 0.4) is 0 Å². The highest BCUT2D eigenvalue weighted by atomic mass is 79.9. The smallest absolute Gasteiger partial charge is 0.228 e. The highest BCUT2D eigenvalue weighted by Crippen LogP contribution is 2.32. The topological polar surface area (TPSA) is 46.2 Å². The van der Waals surface area contributed by atoms with Crippen molar-refractivity contribution < 1.29 is 9.59 Å². The largest absolute Gasteiger partial charge is 0.325 e. The molecule has 1 heterocycles. The molecule has 3 nitrogen and oxygen atoms in total. The van der Waals surface area contributed by atoms with Gasteiger partial charge in [0, 0.05) is 21.3 Å². The Morgan fingerprint density at radius 3 is 2.70 bits per heavy atom. The quantitative estimate of drug-likeness (QED) is 0.837. The summed E-state index contributed by atoms with van der Waals surface area (Å²) in [5.74, 6) is -0.244. The second-order valence-electron chi connectivity index (χ2n) is 4.52. The molecule has 0 aromatic heterocycles. The first-order chi connectivity index (χ1) is 9.56. The van der Waals surface area contributed by atoms with Crippen molar-refractivity contribution >= 4 is 44.9 Å². The van der Waals surface area contributed by atoms with Crippen molar-refractivity contribution in [2.45, 2.75) is 6.42 Å². The lowest BCUT2D eigenvalue weighted by Gasteiger charge is -2.08. The van der Waals surface area contributed by atoms with Crippen molar-refractivity contribution in [3.05, 3.63) is 62.6 Å². The van der Waals surface area contributed by atoms with E-state index < -0.39 is 0 Å². The Hall–Kier alpha value is -1.65. The number of carbonyl (C=O) groups excluding carboxylic acids is 2. The molecule has 0 unspecified atom stereocenters. The van der Waals surface area contributed by atoms with Gasteiger partial charge < -0.3 is 5.32 Å². The van der Waals surface area contributed by atoms with E-state index in [0.717, 1.165) is 10.0 Å². The average Bonchev–Trinajstić information content (AvgIpc) is 2.76. The molecule has 0 saturated heterocycles. The number of ketones is 1. The fourth-order valence-electron chi connectivity index (χ4n) is 2.21. The van der Waals surface area contributed by atoms with Gasteiger partial charge in [0.25, 0.3) is 0 Å². The van der Waals surface area contributed by atoms with Gasteiger partial charge in [0.05, 0.1) is 11.4 Å². The Bertz CT molecular complexity index is 743. The summed E-state index contributed by atoms with van der Waals surface area (Å²) in [6, 6.07) is 10.5. The normalized spacial score (nSPS) is 13.0. The zero-order chi connectivity index (χ0) is 14.3. The zero-order valence-corrected chi connectivity index (χ0v) is 12.6. The molecule has 0 aliphatic carbocycles. The van der Waals surface area contributed by atoms with Gasteiger partial charge in [-0.3, -0.25) is 9.59 Å². The molecule has 100 valence electrons. The third-order valence-electron chi connectivity index (χ3n) is 3.18. The highest BCUT2D eigenvalue weighted by molar-refractivity contribution is 9.10. The van der Waals surface area contributed by atoms with Crippen LogP contribution < -0.4 is 5.32 Å². The van der Waals surface area contributed by atoms with E-state index in [9.17, 15) is 9.59 Å². The highest BCUT2D eigenvalue weighted by Gasteiger charge is 2.23. The van der Waals surface area contributed by atoms with E-state index in [0.29, 0.717) is 21.8 Å². The number of nitrogens with one attached hydrogen (secondary N) is 1. The van der Waals surface area contributed by atoms with Gasteiger partial charge in [-0.25, -0.2) is 0 Å². The van der Waals surface area contributed by atoms with Crippen molar-refractivity contribution in [1.29, 1.82) is 0 Å². The van der Waals surface area contributed by atoms with E-state index in [1.807, 2.05) is 6.07 Å². The van der Waals surface area contributed by atoms with E-state index in [1.165, 1.54) is 0 Å². The lowest BCUT2D eigenvalue weighted by Crippen LogP contribution is -2.04. The van der Waals surface area contributed by atoms with Crippen LogP contribution in [0.5, 0.6) is 0 Å². The van der Waals surface area contributed by atoms with E-state index >= 15 is 0 Å². The summed E-state index contributed by atoms with van der Waals surface area (Å²) >= 11 is 9.53. The summed E-state index contributed by atoms with van der Waals surface area (Å²) in [5.41, 5.74) is 2.44. The maximum absolute atomic E-state index is 12.5. The van der Waals surface area contributed by atoms with Crippen LogP contribution in [0, 0.1) is 0 Å². The van der Waals surface area contributed by atoms with Gasteiger partial charge in [-0.1, -0.05) is 39.7 Å². The molecule has 1 aliphatic heterocycles. The van der Waals surface area contributed by atoms with E-state index in [1.54, 1.807) is 30.3 Å². The third kappa shape index (κ3) is 2.25. The van der Waals surface area contributed by atoms with Gasteiger partial charge in [-0.15, -0.1) is 0 Å². The fraction of sp³-hybridized carbons (Fsp3) is 0.0667. The molecular formula is C15H9BrClNO2. The van der Waals surface area contributed by atoms with Crippen LogP contribution in [0.25, 0.3) is 0 Å². The van der Waals surface area contributed by atoms with Gasteiger partial charge in [-0.2, -0.15) is 0 Å². The molecule has 1 N–H and O–H groups in total. The SMILES string of the molecule is O=C1Cc2cc(C(=O)c3ccccc3Br)c(Cl)cc2N1. The van der Waals surface area contributed by atoms with Crippen molar-refractivity contribution in [3.8, 4) is 0 Å². The van der Waals surface area contributed by atoms with Gasteiger partial charge >= 0.3 is 0 Å². The molecule has 5 heteroatoms. The monoisotopic (exact) mass is 349 g/mol. The summed E-state index contributed by atoms with van der Waals surface area (Å²) in [5, 5.41) is 3.05. The first kappa shape index (κ1) is 13.3. The summed E-state index contributed by atoms with van der Waals surface area (Å²) in [4.78, 5) is 23.9. The van der Waals surface area contributed by atoms with E-state index in [2.05, 4.69) is 21.2 Å². The second-order valence-corrected chi connectivity index (χ2v) is 5.78. The lowest BCUT2D eigenvalue weighted by molar-refractivity contribution is -0.115. The Kier molecular flexibility index (Phi) is 3.36. The fourth-order valence-corrected chi connectivity index (χ4v) is 2.93. The molecule has 1 amide bonds. The first-order valence-electron chi connectivity index (χ1n) is 5.98. The van der Waals surface area contributed by atoms with Crippen molar-refractivity contribution in [2.24, 2.45) is 0 Å². The second kappa shape index (κ2) is 5.04. The Morgan fingerprint density at radius 1 is 1.20 bits per heavy atom. The zero-order valence-electron chi connectivity index (χ0n) is 10.2. The molecule has 0 bridgehead atoms. The number of hydrogen-bond acceptors (Lipinski definition) is 2. The van der Waals surface area contributed by atoms with Crippen molar-refractivity contribution in [1.82, 2.24) is 0 Å². The molecule has 0 fully saturated rings. The number of rotatable bonds is 2. The van der Waals surface area contributed by atoms with Gasteiger partial charge in [0.15, 0.2) is 5.78 Å². The molecule has 1 aliphatic rings. The number of fused-ring (bicyclic) bond motifs is 1. The maximum Gasteiger partial charge on any atom is 0.228 e. The Labute approximate surface area is 129 Å². The summed E-state index contributed by atoms with van der Waals surface area (Å²) < 4.78 is 0.718. The molecule has 20 heavy (non-hydrogen) atoms. The molecule has 0 radical (unpaired) electrons. The molecule has 2 aromatic carbocycles. The first-order valence-corrected chi connectivity index (χ1v) is 7.15. The molecule has 0 saturated carbocycles. The summed E-state index contributed by atoms with van der Waals surface area (Å²) in [6.07, 6.45) is 0.280. The van der Waals surface area contributed by atoms with Crippen LogP contribution in [-0.2, 0) is 11.2 Å². The summed E-state index contributed by atoms with van der Waals surface area (Å²) in [7, 11) is 0. The van der Waals surface area contributed by atoms with Crippen molar-refractivity contribution in [2.75, 3.05) is 5.32 Å². The third-order valence-corrected chi connectivity index (χ3v) is 4.19. The molecule has 3 rings (SSSR count). The van der Waals surface area contributed by atoms with Crippen LogP contribution >= 0.6 is 27.5 Å². The molecule has 0 atom stereocenters. The predicted octanol–water partition coefficient (Wildman–Crippen LogP) is 3.83.